The summed E-state index contributed by atoms with van der Waals surface area (Å²) in [5.74, 6) is -0.386. The van der Waals surface area contributed by atoms with E-state index in [-0.39, 0.29) is 29.6 Å². The Morgan fingerprint density at radius 1 is 1.36 bits per heavy atom. The molecule has 6 nitrogen and oxygen atoms in total. The van der Waals surface area contributed by atoms with E-state index >= 15 is 0 Å². The number of amides is 3. The number of imide groups is 1. The van der Waals surface area contributed by atoms with Gasteiger partial charge in [-0.1, -0.05) is 12.8 Å². The van der Waals surface area contributed by atoms with E-state index in [0.29, 0.717) is 17.3 Å². The maximum Gasteiger partial charge on any atom is 0.249 e. The summed E-state index contributed by atoms with van der Waals surface area (Å²) < 4.78 is 0. The molecule has 1 aliphatic carbocycles. The van der Waals surface area contributed by atoms with E-state index in [9.17, 15) is 14.4 Å². The first kappa shape index (κ1) is 18.4. The Morgan fingerprint density at radius 2 is 2.00 bits per heavy atom. The monoisotopic (exact) mass is 381 g/mol. The Labute approximate surface area is 155 Å². The van der Waals surface area contributed by atoms with Gasteiger partial charge < -0.3 is 5.32 Å². The second-order valence-corrected chi connectivity index (χ2v) is 8.47. The lowest BCUT2D eigenvalue weighted by molar-refractivity contribution is -0.146. The van der Waals surface area contributed by atoms with Gasteiger partial charge in [-0.25, -0.2) is 4.98 Å². The highest BCUT2D eigenvalue weighted by Crippen LogP contribution is 2.39. The normalized spacial score (nSPS) is 24.3. The molecule has 2 aliphatic rings. The van der Waals surface area contributed by atoms with Crippen molar-refractivity contribution in [2.24, 2.45) is 11.8 Å². The number of thioether (sulfide) groups is 1. The lowest BCUT2D eigenvalue weighted by Gasteiger charge is -2.25. The molecule has 1 aromatic rings. The summed E-state index contributed by atoms with van der Waals surface area (Å²) in [6.45, 7) is 1.86. The highest BCUT2D eigenvalue weighted by atomic mass is 32.2. The molecule has 3 atom stereocenters. The summed E-state index contributed by atoms with van der Waals surface area (Å²) in [4.78, 5) is 44.0. The first-order valence-corrected chi connectivity index (χ1v) is 10.9. The number of hydrogen-bond donors (Lipinski definition) is 1. The predicted octanol–water partition coefficient (Wildman–Crippen LogP) is 2.69. The first-order valence-electron chi connectivity index (χ1n) is 8.61. The van der Waals surface area contributed by atoms with Crippen LogP contribution in [-0.2, 0) is 14.4 Å². The topological polar surface area (TPSA) is 79.4 Å². The molecule has 1 aliphatic heterocycles. The summed E-state index contributed by atoms with van der Waals surface area (Å²) >= 11 is 2.95. The molecule has 0 bridgehead atoms. The highest BCUT2D eigenvalue weighted by Gasteiger charge is 2.51. The van der Waals surface area contributed by atoms with Crippen LogP contribution in [0.4, 0.5) is 5.13 Å². The fourth-order valence-electron chi connectivity index (χ4n) is 3.70. The molecule has 1 saturated heterocycles. The molecule has 0 aromatic carbocycles. The van der Waals surface area contributed by atoms with Gasteiger partial charge in [0.1, 0.15) is 6.04 Å². The Balaban J connectivity index is 1.80. The third kappa shape index (κ3) is 3.74. The van der Waals surface area contributed by atoms with Crippen molar-refractivity contribution in [3.05, 3.63) is 11.1 Å². The summed E-state index contributed by atoms with van der Waals surface area (Å²) in [5, 5.41) is 5.15. The van der Waals surface area contributed by atoms with Crippen LogP contribution in [0.15, 0.2) is 5.38 Å². The van der Waals surface area contributed by atoms with Crippen LogP contribution in [0.2, 0.25) is 0 Å². The molecule has 2 heterocycles. The van der Waals surface area contributed by atoms with Crippen molar-refractivity contribution < 1.29 is 14.4 Å². The Bertz CT molecular complexity index is 652. The van der Waals surface area contributed by atoms with Gasteiger partial charge in [0.05, 0.1) is 17.5 Å². The molecular weight excluding hydrogens is 358 g/mol. The number of nitrogens with one attached hydrogen (secondary N) is 1. The zero-order chi connectivity index (χ0) is 18.0. The average molecular weight is 382 g/mol. The molecule has 0 radical (unpaired) electrons. The van der Waals surface area contributed by atoms with Crippen LogP contribution in [0.5, 0.6) is 0 Å². The number of aryl methyl sites for hydroxylation is 1. The summed E-state index contributed by atoms with van der Waals surface area (Å²) in [6.07, 6.45) is 5.89. The molecule has 1 saturated carbocycles. The van der Waals surface area contributed by atoms with Crippen molar-refractivity contribution in [3.8, 4) is 0 Å². The van der Waals surface area contributed by atoms with Gasteiger partial charge in [-0.2, -0.15) is 11.8 Å². The summed E-state index contributed by atoms with van der Waals surface area (Å²) in [5.41, 5.74) is 0.834. The molecule has 2 fully saturated rings. The van der Waals surface area contributed by atoms with Crippen molar-refractivity contribution in [1.29, 1.82) is 0 Å². The summed E-state index contributed by atoms with van der Waals surface area (Å²) in [7, 11) is 0. The van der Waals surface area contributed by atoms with Crippen molar-refractivity contribution in [3.63, 3.8) is 0 Å². The maximum absolute atomic E-state index is 12.8. The Hall–Kier alpha value is -1.41. The molecule has 136 valence electrons. The van der Waals surface area contributed by atoms with Crippen LogP contribution in [0.25, 0.3) is 0 Å². The molecule has 1 N–H and O–H groups in total. The SMILES string of the molecule is CSCCC(C(=O)Nc1nc(C)cs1)N1C(=O)C2CCCCC2C1=O. The van der Waals surface area contributed by atoms with Gasteiger partial charge in [-0.3, -0.25) is 19.3 Å². The van der Waals surface area contributed by atoms with Crippen molar-refractivity contribution >= 4 is 46.0 Å². The smallest absolute Gasteiger partial charge is 0.249 e. The van der Waals surface area contributed by atoms with Gasteiger partial charge in [-0.05, 0) is 38.2 Å². The highest BCUT2D eigenvalue weighted by molar-refractivity contribution is 7.98. The molecule has 1 aromatic heterocycles. The largest absolute Gasteiger partial charge is 0.300 e. The van der Waals surface area contributed by atoms with E-state index in [2.05, 4.69) is 10.3 Å². The second-order valence-electron chi connectivity index (χ2n) is 6.62. The number of fused-ring (bicyclic) bond motifs is 1. The van der Waals surface area contributed by atoms with Gasteiger partial charge in [0, 0.05) is 5.38 Å². The van der Waals surface area contributed by atoms with Crippen LogP contribution < -0.4 is 5.32 Å². The number of carbonyl (C=O) groups is 3. The summed E-state index contributed by atoms with van der Waals surface area (Å²) in [6, 6.07) is -0.748. The molecule has 3 rings (SSSR count). The van der Waals surface area contributed by atoms with E-state index in [1.54, 1.807) is 11.8 Å². The zero-order valence-corrected chi connectivity index (χ0v) is 16.1. The number of hydrogen-bond acceptors (Lipinski definition) is 6. The van der Waals surface area contributed by atoms with E-state index in [4.69, 9.17) is 0 Å². The Kier molecular flexibility index (Phi) is 5.78. The predicted molar refractivity (Wildman–Crippen MR) is 99.6 cm³/mol. The van der Waals surface area contributed by atoms with Gasteiger partial charge in [0.2, 0.25) is 17.7 Å². The lowest BCUT2D eigenvalue weighted by Crippen LogP contribution is -2.48. The molecule has 25 heavy (non-hydrogen) atoms. The van der Waals surface area contributed by atoms with Crippen molar-refractivity contribution in [2.45, 2.75) is 45.1 Å². The van der Waals surface area contributed by atoms with Gasteiger partial charge >= 0.3 is 0 Å². The second kappa shape index (κ2) is 7.86. The lowest BCUT2D eigenvalue weighted by atomic mass is 9.81. The third-order valence-corrected chi connectivity index (χ3v) is 6.45. The van der Waals surface area contributed by atoms with E-state index in [1.807, 2.05) is 18.6 Å². The average Bonchev–Trinajstić information content (AvgIpc) is 3.11. The minimum atomic E-state index is -0.748. The van der Waals surface area contributed by atoms with E-state index < -0.39 is 6.04 Å². The number of carbonyl (C=O) groups excluding carboxylic acids is 3. The number of thiazole rings is 1. The number of anilines is 1. The van der Waals surface area contributed by atoms with Crippen LogP contribution >= 0.6 is 23.1 Å². The minimum Gasteiger partial charge on any atom is -0.300 e. The molecule has 3 amide bonds. The molecule has 3 unspecified atom stereocenters. The van der Waals surface area contributed by atoms with Crippen LogP contribution in [0, 0.1) is 18.8 Å². The van der Waals surface area contributed by atoms with E-state index in [0.717, 1.165) is 31.4 Å². The fraction of sp³-hybridized carbons (Fsp3) is 0.647. The van der Waals surface area contributed by atoms with Gasteiger partial charge in [-0.15, -0.1) is 11.3 Å². The van der Waals surface area contributed by atoms with Crippen LogP contribution in [-0.4, -0.2) is 45.7 Å². The van der Waals surface area contributed by atoms with Gasteiger partial charge in [0.15, 0.2) is 5.13 Å². The van der Waals surface area contributed by atoms with Gasteiger partial charge in [0.25, 0.3) is 0 Å². The number of rotatable bonds is 6. The quantitative estimate of drug-likeness (QED) is 0.767. The van der Waals surface area contributed by atoms with Crippen LogP contribution in [0.3, 0.4) is 0 Å². The number of aromatic nitrogens is 1. The third-order valence-electron chi connectivity index (χ3n) is 4.93. The van der Waals surface area contributed by atoms with Crippen molar-refractivity contribution in [2.75, 3.05) is 17.3 Å². The maximum atomic E-state index is 12.8. The first-order chi connectivity index (χ1) is 12.0. The van der Waals surface area contributed by atoms with Crippen molar-refractivity contribution in [1.82, 2.24) is 9.88 Å². The van der Waals surface area contributed by atoms with E-state index in [1.165, 1.54) is 16.2 Å². The molecule has 8 heteroatoms. The molecule has 0 spiro atoms. The van der Waals surface area contributed by atoms with Crippen LogP contribution in [0.1, 0.15) is 37.8 Å². The fourth-order valence-corrected chi connectivity index (χ4v) is 4.85. The zero-order valence-electron chi connectivity index (χ0n) is 14.5. The number of likely N-dealkylation sites (tertiary alicyclic amines) is 1. The molecular formula is C17H23N3O3S2. The number of nitrogens with zero attached hydrogens (tertiary/aromatic N) is 2. The Morgan fingerprint density at radius 3 is 2.52 bits per heavy atom. The minimum absolute atomic E-state index is 0.161. The standard InChI is InChI=1S/C17H23N3O3S2/c1-10-9-25-17(18-10)19-14(21)13(7-8-24-2)20-15(22)11-5-3-4-6-12(11)16(20)23/h9,11-13H,3-8H2,1-2H3,(H,18,19,21).